The fourth-order valence-corrected chi connectivity index (χ4v) is 3.59. The van der Waals surface area contributed by atoms with E-state index in [1.165, 1.54) is 6.07 Å². The maximum Gasteiger partial charge on any atom is 0.408 e. The number of nitrogens with one attached hydrogen (secondary N) is 6. The number of aryl methyl sites for hydroxylation is 1. The lowest BCUT2D eigenvalue weighted by atomic mass is 10.0. The Kier molecular flexibility index (Phi) is 15.0. The molecule has 0 saturated carbocycles. The van der Waals surface area contributed by atoms with Gasteiger partial charge in [0.05, 0.1) is 0 Å². The topological polar surface area (TPSA) is 219 Å². The molecule has 0 aromatic heterocycles. The molecular formula is C29H43N7O8. The summed E-state index contributed by atoms with van der Waals surface area (Å²) in [5.41, 5.74) is 5.66. The zero-order chi connectivity index (χ0) is 33.4. The first-order chi connectivity index (χ1) is 20.5. The standard InChI is InChI=1S/C29H43N7O8/c1-8-14-43-27(41)32-16-22(37)34-21-15-19(12-11-18(21)4)33-24(38)20(10-9-13-31-26(30)40)35-25(39)23(17(2)3)36-28(42)44-29(5,6)7/h1,11-12,15,17,20,23H,9-10,13-14,16H2,2-7H3,(H,32,41)(H,33,38)(H,34,37)(H,35,39)(H,36,42)(H3,30,31,40)/t20-,23-/m0/s1. The number of hydrogen-bond acceptors (Lipinski definition) is 8. The minimum Gasteiger partial charge on any atom is -0.444 e. The van der Waals surface area contributed by atoms with Crippen molar-refractivity contribution < 1.29 is 38.2 Å². The van der Waals surface area contributed by atoms with Gasteiger partial charge in [-0.3, -0.25) is 14.4 Å². The van der Waals surface area contributed by atoms with Gasteiger partial charge in [0.15, 0.2) is 6.61 Å². The molecule has 242 valence electrons. The van der Waals surface area contributed by atoms with Crippen molar-refractivity contribution in [1.82, 2.24) is 21.3 Å². The molecule has 1 aromatic rings. The van der Waals surface area contributed by atoms with Gasteiger partial charge < -0.3 is 47.1 Å². The van der Waals surface area contributed by atoms with Gasteiger partial charge in [0.2, 0.25) is 17.7 Å². The molecule has 1 aromatic carbocycles. The maximum absolute atomic E-state index is 13.3. The van der Waals surface area contributed by atoms with Crippen LogP contribution in [0, 0.1) is 25.2 Å². The molecule has 0 aliphatic heterocycles. The van der Waals surface area contributed by atoms with E-state index in [1.807, 2.05) is 0 Å². The Morgan fingerprint density at radius 1 is 0.977 bits per heavy atom. The van der Waals surface area contributed by atoms with Crippen molar-refractivity contribution in [2.24, 2.45) is 11.7 Å². The molecule has 0 aliphatic rings. The van der Waals surface area contributed by atoms with E-state index in [1.54, 1.807) is 53.7 Å². The summed E-state index contributed by atoms with van der Waals surface area (Å²) in [6.07, 6.45) is 3.79. The van der Waals surface area contributed by atoms with Gasteiger partial charge in [0.25, 0.3) is 0 Å². The van der Waals surface area contributed by atoms with E-state index in [-0.39, 0.29) is 32.0 Å². The lowest BCUT2D eigenvalue weighted by molar-refractivity contribution is -0.128. The normalized spacial score (nSPS) is 12.0. The first kappa shape index (κ1) is 37.0. The third kappa shape index (κ3) is 14.8. The molecule has 0 unspecified atom stereocenters. The number of benzene rings is 1. The molecule has 0 spiro atoms. The van der Waals surface area contributed by atoms with E-state index in [4.69, 9.17) is 16.9 Å². The molecule has 0 fully saturated rings. The van der Waals surface area contributed by atoms with Gasteiger partial charge in [-0.05, 0) is 64.2 Å². The lowest BCUT2D eigenvalue weighted by Gasteiger charge is -2.27. The summed E-state index contributed by atoms with van der Waals surface area (Å²) >= 11 is 0. The number of urea groups is 1. The van der Waals surface area contributed by atoms with Crippen molar-refractivity contribution in [1.29, 1.82) is 0 Å². The SMILES string of the molecule is C#CCOC(=O)NCC(=O)Nc1cc(NC(=O)[C@H](CCCNC(N)=O)NC(=O)[C@@H](NC(=O)OC(C)(C)C)C(C)C)ccc1C. The smallest absolute Gasteiger partial charge is 0.408 e. The van der Waals surface area contributed by atoms with Crippen LogP contribution >= 0.6 is 0 Å². The Morgan fingerprint density at radius 2 is 1.66 bits per heavy atom. The van der Waals surface area contributed by atoms with Crippen molar-refractivity contribution in [3.05, 3.63) is 23.8 Å². The van der Waals surface area contributed by atoms with Gasteiger partial charge in [-0.1, -0.05) is 25.8 Å². The highest BCUT2D eigenvalue weighted by Crippen LogP contribution is 2.21. The van der Waals surface area contributed by atoms with Crippen molar-refractivity contribution in [3.8, 4) is 12.3 Å². The number of carbonyl (C=O) groups is 6. The number of primary amides is 1. The van der Waals surface area contributed by atoms with E-state index >= 15 is 0 Å². The van der Waals surface area contributed by atoms with E-state index in [2.05, 4.69) is 42.6 Å². The van der Waals surface area contributed by atoms with E-state index in [0.717, 1.165) is 0 Å². The highest BCUT2D eigenvalue weighted by molar-refractivity contribution is 6.00. The van der Waals surface area contributed by atoms with Crippen LogP contribution in [0.4, 0.5) is 25.8 Å². The van der Waals surface area contributed by atoms with Crippen LogP contribution in [0.2, 0.25) is 0 Å². The summed E-state index contributed by atoms with van der Waals surface area (Å²) in [6, 6.07) is 1.96. The van der Waals surface area contributed by atoms with E-state index in [0.29, 0.717) is 23.4 Å². The average molecular weight is 618 g/mol. The van der Waals surface area contributed by atoms with E-state index < -0.39 is 53.6 Å². The highest BCUT2D eigenvalue weighted by atomic mass is 16.6. The van der Waals surface area contributed by atoms with Crippen LogP contribution in [0.3, 0.4) is 0 Å². The molecular weight excluding hydrogens is 574 g/mol. The number of rotatable bonds is 14. The van der Waals surface area contributed by atoms with Crippen LogP contribution in [-0.2, 0) is 23.9 Å². The monoisotopic (exact) mass is 617 g/mol. The predicted octanol–water partition coefficient (Wildman–Crippen LogP) is 1.71. The van der Waals surface area contributed by atoms with Crippen LogP contribution in [-0.4, -0.2) is 73.3 Å². The summed E-state index contributed by atoms with van der Waals surface area (Å²) < 4.78 is 9.91. The molecule has 0 aliphatic carbocycles. The van der Waals surface area contributed by atoms with Crippen LogP contribution in [0.25, 0.3) is 0 Å². The number of hydrogen-bond donors (Lipinski definition) is 7. The van der Waals surface area contributed by atoms with Crippen molar-refractivity contribution in [2.75, 3.05) is 30.3 Å². The van der Waals surface area contributed by atoms with Crippen molar-refractivity contribution in [2.45, 2.75) is 72.1 Å². The second-order valence-electron chi connectivity index (χ2n) is 11.1. The van der Waals surface area contributed by atoms with Gasteiger partial charge >= 0.3 is 18.2 Å². The molecule has 0 heterocycles. The van der Waals surface area contributed by atoms with Gasteiger partial charge in [-0.2, -0.15) is 0 Å². The molecule has 2 atom stereocenters. The quantitative estimate of drug-likeness (QED) is 0.120. The lowest BCUT2D eigenvalue weighted by Crippen LogP contribution is -2.55. The number of terminal acetylenes is 1. The van der Waals surface area contributed by atoms with Gasteiger partial charge in [-0.25, -0.2) is 14.4 Å². The number of alkyl carbamates (subject to hydrolysis) is 2. The molecule has 7 amide bonds. The van der Waals surface area contributed by atoms with E-state index in [9.17, 15) is 28.8 Å². The minimum absolute atomic E-state index is 0.117. The van der Waals surface area contributed by atoms with Gasteiger partial charge in [0, 0.05) is 17.9 Å². The fourth-order valence-electron chi connectivity index (χ4n) is 3.59. The van der Waals surface area contributed by atoms with Crippen LogP contribution < -0.4 is 37.6 Å². The summed E-state index contributed by atoms with van der Waals surface area (Å²) in [7, 11) is 0. The largest absolute Gasteiger partial charge is 0.444 e. The molecule has 0 saturated heterocycles. The van der Waals surface area contributed by atoms with Crippen molar-refractivity contribution >= 4 is 47.3 Å². The molecule has 0 bridgehead atoms. The number of carbonyl (C=O) groups excluding carboxylic acids is 6. The number of ether oxygens (including phenoxy) is 2. The fraction of sp³-hybridized carbons (Fsp3) is 0.517. The molecule has 0 radical (unpaired) electrons. The number of anilines is 2. The molecule has 8 N–H and O–H groups in total. The maximum atomic E-state index is 13.3. The predicted molar refractivity (Wildman–Crippen MR) is 163 cm³/mol. The Hall–Kier alpha value is -5.00. The van der Waals surface area contributed by atoms with Crippen LogP contribution in [0.5, 0.6) is 0 Å². The first-order valence-corrected chi connectivity index (χ1v) is 13.9. The first-order valence-electron chi connectivity index (χ1n) is 13.9. The molecule has 44 heavy (non-hydrogen) atoms. The average Bonchev–Trinajstić information content (AvgIpc) is 2.91. The summed E-state index contributed by atoms with van der Waals surface area (Å²) in [4.78, 5) is 73.9. The molecule has 15 nitrogen and oxygen atoms in total. The Balaban J connectivity index is 3.03. The van der Waals surface area contributed by atoms with Crippen LogP contribution in [0.1, 0.15) is 53.0 Å². The summed E-state index contributed by atoms with van der Waals surface area (Å²) in [5.74, 6) is 0.0291. The zero-order valence-corrected chi connectivity index (χ0v) is 25.9. The Bertz CT molecular complexity index is 1240. The number of amides is 7. The second kappa shape index (κ2) is 17.8. The van der Waals surface area contributed by atoms with Crippen LogP contribution in [0.15, 0.2) is 18.2 Å². The Labute approximate surface area is 257 Å². The minimum atomic E-state index is -1.07. The second-order valence-corrected chi connectivity index (χ2v) is 11.1. The van der Waals surface area contributed by atoms with Crippen molar-refractivity contribution in [3.63, 3.8) is 0 Å². The van der Waals surface area contributed by atoms with Gasteiger partial charge in [-0.15, -0.1) is 6.42 Å². The summed E-state index contributed by atoms with van der Waals surface area (Å²) in [6.45, 7) is 9.78. The highest BCUT2D eigenvalue weighted by Gasteiger charge is 2.30. The Morgan fingerprint density at radius 3 is 2.25 bits per heavy atom. The molecule has 15 heteroatoms. The van der Waals surface area contributed by atoms with Gasteiger partial charge in [0.1, 0.15) is 24.2 Å². The zero-order valence-electron chi connectivity index (χ0n) is 25.9. The number of nitrogens with two attached hydrogens (primary N) is 1. The molecule has 1 rings (SSSR count). The third-order valence-corrected chi connectivity index (χ3v) is 5.68. The summed E-state index contributed by atoms with van der Waals surface area (Å²) in [5, 5.41) is 15.3. The third-order valence-electron chi connectivity index (χ3n) is 5.68.